The summed E-state index contributed by atoms with van der Waals surface area (Å²) in [5.74, 6) is -0.0928. The number of hydrogen-bond acceptors (Lipinski definition) is 4. The van der Waals surface area contributed by atoms with Gasteiger partial charge in [0.15, 0.2) is 0 Å². The lowest BCUT2D eigenvalue weighted by Crippen LogP contribution is -2.48. The Morgan fingerprint density at radius 2 is 1.89 bits per heavy atom. The molecule has 0 saturated carbocycles. The van der Waals surface area contributed by atoms with E-state index in [1.54, 1.807) is 11.1 Å². The summed E-state index contributed by atoms with van der Waals surface area (Å²) in [7, 11) is 0. The number of aromatic amines is 1. The lowest BCUT2D eigenvalue weighted by atomic mass is 9.92. The molecular weight excluding hydrogens is 493 g/mol. The van der Waals surface area contributed by atoms with Crippen LogP contribution in [0.2, 0.25) is 0 Å². The Morgan fingerprint density at radius 1 is 1.08 bits per heavy atom. The zero-order chi connectivity index (χ0) is 26.4. The van der Waals surface area contributed by atoms with E-state index < -0.39 is 12.6 Å². The zero-order valence-corrected chi connectivity index (χ0v) is 20.8. The monoisotopic (exact) mass is 520 g/mol. The second-order valence-corrected chi connectivity index (χ2v) is 10.1. The summed E-state index contributed by atoms with van der Waals surface area (Å²) in [5.41, 5.74) is 6.11. The standard InChI is InChI=1S/C28H27F3N6O/c1-17-11-19(7-9-32-17)26-21-12-20-14-37(27(38)33-23(20)13-24(21)34-35-26)25-16-36(10-8-28(29,30)31)15-22(25)18-5-3-2-4-6-18/h2-7,9,11-13,22,25H,8,10,14-16H2,1H3,(H,33,38)(H,34,35)/t22-,25+/m0/s1. The number of likely N-dealkylation sites (tertiary alicyclic amines) is 1. The molecule has 38 heavy (non-hydrogen) atoms. The molecule has 0 bridgehead atoms. The number of benzene rings is 2. The van der Waals surface area contributed by atoms with Crippen LogP contribution in [0.1, 0.15) is 29.2 Å². The van der Waals surface area contributed by atoms with Crippen LogP contribution in [0.5, 0.6) is 0 Å². The number of aromatic nitrogens is 3. The van der Waals surface area contributed by atoms with Gasteiger partial charge in [0, 0.05) is 60.6 Å². The van der Waals surface area contributed by atoms with Gasteiger partial charge in [-0.1, -0.05) is 30.3 Å². The van der Waals surface area contributed by atoms with E-state index in [2.05, 4.69) is 20.5 Å². The molecule has 2 aromatic heterocycles. The Hall–Kier alpha value is -3.92. The number of nitrogens with one attached hydrogen (secondary N) is 2. The highest BCUT2D eigenvalue weighted by atomic mass is 19.4. The van der Waals surface area contributed by atoms with E-state index in [9.17, 15) is 18.0 Å². The number of alkyl halides is 3. The van der Waals surface area contributed by atoms with Crippen molar-refractivity contribution in [1.29, 1.82) is 0 Å². The molecular formula is C28H27F3N6O. The van der Waals surface area contributed by atoms with Crippen LogP contribution in [0, 0.1) is 6.92 Å². The Balaban J connectivity index is 1.32. The van der Waals surface area contributed by atoms with Crippen LogP contribution >= 0.6 is 0 Å². The van der Waals surface area contributed by atoms with Crippen molar-refractivity contribution in [1.82, 2.24) is 25.0 Å². The summed E-state index contributed by atoms with van der Waals surface area (Å²) >= 11 is 0. The van der Waals surface area contributed by atoms with Gasteiger partial charge in [-0.3, -0.25) is 10.1 Å². The highest BCUT2D eigenvalue weighted by Crippen LogP contribution is 2.38. The van der Waals surface area contributed by atoms with E-state index >= 15 is 0 Å². The molecule has 6 rings (SSSR count). The number of aryl methyl sites for hydroxylation is 1. The molecule has 2 aromatic carbocycles. The first-order valence-corrected chi connectivity index (χ1v) is 12.6. The van der Waals surface area contributed by atoms with Gasteiger partial charge in [-0.15, -0.1) is 0 Å². The number of carbonyl (C=O) groups excluding carboxylic acids is 1. The van der Waals surface area contributed by atoms with Gasteiger partial charge in [-0.2, -0.15) is 18.3 Å². The predicted octanol–water partition coefficient (Wildman–Crippen LogP) is 5.70. The van der Waals surface area contributed by atoms with Crippen LogP contribution in [0.25, 0.3) is 22.2 Å². The Kier molecular flexibility index (Phi) is 6.06. The topological polar surface area (TPSA) is 77.2 Å². The van der Waals surface area contributed by atoms with Gasteiger partial charge in [-0.25, -0.2) is 4.79 Å². The third-order valence-electron chi connectivity index (χ3n) is 7.50. The summed E-state index contributed by atoms with van der Waals surface area (Å²) < 4.78 is 38.9. The lowest BCUT2D eigenvalue weighted by Gasteiger charge is -2.36. The number of nitrogens with zero attached hydrogens (tertiary/aromatic N) is 4. The second-order valence-electron chi connectivity index (χ2n) is 10.1. The van der Waals surface area contributed by atoms with E-state index in [1.807, 2.05) is 66.4 Å². The van der Waals surface area contributed by atoms with Crippen LogP contribution in [-0.2, 0) is 6.54 Å². The average Bonchev–Trinajstić information content (AvgIpc) is 3.50. The number of fused-ring (bicyclic) bond motifs is 2. The van der Waals surface area contributed by atoms with E-state index in [1.165, 1.54) is 0 Å². The number of anilines is 1. The van der Waals surface area contributed by atoms with Crippen LogP contribution in [0.4, 0.5) is 23.7 Å². The minimum atomic E-state index is -4.22. The summed E-state index contributed by atoms with van der Waals surface area (Å²) in [4.78, 5) is 21.2. The molecule has 0 radical (unpaired) electrons. The smallest absolute Gasteiger partial charge is 0.315 e. The van der Waals surface area contributed by atoms with Gasteiger partial charge in [-0.05, 0) is 42.3 Å². The van der Waals surface area contributed by atoms with E-state index in [4.69, 9.17) is 0 Å². The number of rotatable bonds is 5. The molecule has 2 atom stereocenters. The molecule has 0 spiro atoms. The number of pyridine rings is 1. The van der Waals surface area contributed by atoms with Crippen molar-refractivity contribution >= 4 is 22.6 Å². The van der Waals surface area contributed by atoms with Crippen molar-refractivity contribution in [3.63, 3.8) is 0 Å². The highest BCUT2D eigenvalue weighted by Gasteiger charge is 2.42. The Morgan fingerprint density at radius 3 is 2.66 bits per heavy atom. The quantitative estimate of drug-likeness (QED) is 0.354. The van der Waals surface area contributed by atoms with Crippen molar-refractivity contribution in [2.45, 2.75) is 38.0 Å². The van der Waals surface area contributed by atoms with Crippen LogP contribution in [0.3, 0.4) is 0 Å². The number of urea groups is 1. The molecule has 2 amide bonds. The minimum absolute atomic E-state index is 0.0836. The number of hydrogen-bond donors (Lipinski definition) is 2. The van der Waals surface area contributed by atoms with Gasteiger partial charge in [0.05, 0.1) is 18.0 Å². The predicted molar refractivity (Wildman–Crippen MR) is 139 cm³/mol. The maximum Gasteiger partial charge on any atom is 0.390 e. The van der Waals surface area contributed by atoms with Crippen molar-refractivity contribution < 1.29 is 18.0 Å². The fourth-order valence-corrected chi connectivity index (χ4v) is 5.66. The Bertz CT molecular complexity index is 1490. The SMILES string of the molecule is Cc1cc(-c2n[nH]c3cc4c(cc23)CN([C@@H]2CN(CCC(F)(F)F)C[C@H]2c2ccccc2)C(=O)N4)ccn1. The maximum absolute atomic E-state index is 13.3. The molecule has 7 nitrogen and oxygen atoms in total. The maximum atomic E-state index is 13.3. The minimum Gasteiger partial charge on any atom is -0.315 e. The molecule has 0 unspecified atom stereocenters. The Labute approximate surface area is 217 Å². The molecule has 2 N–H and O–H groups in total. The van der Waals surface area contributed by atoms with Crippen LogP contribution in [-0.4, -0.2) is 62.9 Å². The van der Waals surface area contributed by atoms with Gasteiger partial charge in [0.25, 0.3) is 0 Å². The van der Waals surface area contributed by atoms with Gasteiger partial charge in [0.1, 0.15) is 5.69 Å². The van der Waals surface area contributed by atoms with Crippen LogP contribution < -0.4 is 5.32 Å². The fourth-order valence-electron chi connectivity index (χ4n) is 5.66. The third-order valence-corrected chi connectivity index (χ3v) is 7.50. The van der Waals surface area contributed by atoms with Crippen molar-refractivity contribution in [3.05, 3.63) is 77.6 Å². The number of carbonyl (C=O) groups is 1. The van der Waals surface area contributed by atoms with Gasteiger partial charge in [0.2, 0.25) is 0 Å². The highest BCUT2D eigenvalue weighted by molar-refractivity contribution is 6.00. The van der Waals surface area contributed by atoms with Crippen molar-refractivity contribution in [3.8, 4) is 11.3 Å². The number of amides is 2. The van der Waals surface area contributed by atoms with Crippen molar-refractivity contribution in [2.75, 3.05) is 25.0 Å². The molecule has 10 heteroatoms. The first-order chi connectivity index (χ1) is 18.2. The zero-order valence-electron chi connectivity index (χ0n) is 20.8. The molecule has 2 aliphatic rings. The summed E-state index contributed by atoms with van der Waals surface area (Å²) in [6, 6.07) is 17.0. The normalized spacial score (nSPS) is 20.1. The molecule has 4 heterocycles. The molecule has 0 aliphatic carbocycles. The van der Waals surface area contributed by atoms with Crippen molar-refractivity contribution in [2.24, 2.45) is 0 Å². The molecule has 196 valence electrons. The molecule has 1 saturated heterocycles. The van der Waals surface area contributed by atoms with Gasteiger partial charge < -0.3 is 15.1 Å². The summed E-state index contributed by atoms with van der Waals surface area (Å²) in [5, 5.41) is 11.5. The number of H-pyrrole nitrogens is 1. The molecule has 4 aromatic rings. The lowest BCUT2D eigenvalue weighted by molar-refractivity contribution is -0.137. The molecule has 2 aliphatic heterocycles. The first kappa shape index (κ1) is 24.4. The summed E-state index contributed by atoms with van der Waals surface area (Å²) in [6.07, 6.45) is -3.34. The fraction of sp³-hybridized carbons (Fsp3) is 0.321. The largest absolute Gasteiger partial charge is 0.390 e. The number of halogens is 3. The summed E-state index contributed by atoms with van der Waals surface area (Å²) in [6.45, 7) is 3.05. The van der Waals surface area contributed by atoms with Crippen LogP contribution in [0.15, 0.2) is 60.8 Å². The second kappa shape index (κ2) is 9.43. The van der Waals surface area contributed by atoms with E-state index in [0.717, 1.165) is 39.0 Å². The van der Waals surface area contributed by atoms with Gasteiger partial charge >= 0.3 is 12.2 Å². The molecule has 1 fully saturated rings. The van der Waals surface area contributed by atoms with E-state index in [-0.39, 0.29) is 24.5 Å². The third kappa shape index (κ3) is 4.71. The van der Waals surface area contributed by atoms with E-state index in [0.29, 0.717) is 25.3 Å². The first-order valence-electron chi connectivity index (χ1n) is 12.6. The average molecular weight is 521 g/mol.